The van der Waals surface area contributed by atoms with Gasteiger partial charge in [0.05, 0.1) is 103 Å². The summed E-state index contributed by atoms with van der Waals surface area (Å²) in [6, 6.07) is 11.5. The zero-order valence-electron chi connectivity index (χ0n) is 30.0. The summed E-state index contributed by atoms with van der Waals surface area (Å²) < 4.78 is 41.2. The Bertz CT molecular complexity index is 1430. The van der Waals surface area contributed by atoms with Gasteiger partial charge in [0, 0.05) is 42.9 Å². The van der Waals surface area contributed by atoms with Crippen molar-refractivity contribution < 1.29 is 121 Å². The third kappa shape index (κ3) is 14.2. The SMILES string of the molecule is CC1(C)C(/C=C/c2cc([N+](=O)[O-])ccc2[O-])=[N+](CC(=O)N2CCOCCOCCOCCOCCOCCOCCOCC2)c2ccccc21.[Cs+]. The Morgan fingerprint density at radius 2 is 1.24 bits per heavy atom. The molecule has 2 aromatic rings. The summed E-state index contributed by atoms with van der Waals surface area (Å²) in [7, 11) is 0. The molecule has 1 saturated heterocycles. The number of rotatable bonds is 5. The maximum atomic E-state index is 14.0. The molecule has 0 saturated carbocycles. The van der Waals surface area contributed by atoms with Crippen LogP contribution in [0.2, 0.25) is 0 Å². The number of fused-ring (bicyclic) bond motifs is 1. The molecule has 0 bridgehead atoms. The number of amides is 1. The maximum Gasteiger partial charge on any atom is 1.00 e. The fraction of sp³-hybridized carbons (Fsp3) is 0.556. The number of allylic oxidation sites excluding steroid dienone is 1. The standard InChI is InChI=1S/C36H49N3O11.Cs/c1-36(2)31-5-3-4-6-32(31)38(34(36)10-7-29-27-30(39(42)43)8-9-33(29)40)28-35(41)37-11-13-44-15-17-46-19-21-48-23-25-50-26-24-49-22-20-47-18-16-45-14-12-37;/h3-10,27H,11-26,28H2,1-2H3;/q;+1. The molecule has 51 heavy (non-hydrogen) atoms. The van der Waals surface area contributed by atoms with E-state index in [-0.39, 0.29) is 98.3 Å². The van der Waals surface area contributed by atoms with E-state index in [4.69, 9.17) is 33.2 Å². The Morgan fingerprint density at radius 1 is 0.765 bits per heavy atom. The molecule has 0 atom stereocenters. The van der Waals surface area contributed by atoms with Gasteiger partial charge in [0.25, 0.3) is 11.6 Å². The number of nitro benzene ring substituents is 1. The molecule has 0 aromatic heterocycles. The number of nitrogens with zero attached hydrogens (tertiary/aromatic N) is 3. The molecule has 1 fully saturated rings. The predicted molar refractivity (Wildman–Crippen MR) is 183 cm³/mol. The van der Waals surface area contributed by atoms with Crippen LogP contribution >= 0.6 is 0 Å². The number of para-hydroxylation sites is 1. The summed E-state index contributed by atoms with van der Waals surface area (Å²) in [4.78, 5) is 26.5. The Kier molecular flexibility index (Phi) is 20.4. The number of hydrogen-bond acceptors (Lipinski definition) is 11. The van der Waals surface area contributed by atoms with Crippen molar-refractivity contribution in [3.8, 4) is 5.75 Å². The summed E-state index contributed by atoms with van der Waals surface area (Å²) in [5, 5.41) is 23.9. The van der Waals surface area contributed by atoms with Crippen LogP contribution in [0.3, 0.4) is 0 Å². The van der Waals surface area contributed by atoms with Gasteiger partial charge in [-0.1, -0.05) is 24.3 Å². The van der Waals surface area contributed by atoms with Crippen molar-refractivity contribution in [3.63, 3.8) is 0 Å². The average Bonchev–Trinajstić information content (AvgIpc) is 3.31. The normalized spacial score (nSPS) is 19.5. The Balaban J connectivity index is 0.00000702. The Morgan fingerprint density at radius 3 is 1.73 bits per heavy atom. The number of ether oxygens (including phenoxy) is 7. The zero-order chi connectivity index (χ0) is 35.6. The molecular weight excluding hydrogens is 783 g/mol. The molecule has 14 nitrogen and oxygen atoms in total. The van der Waals surface area contributed by atoms with Crippen LogP contribution in [-0.2, 0) is 43.4 Å². The van der Waals surface area contributed by atoms with Crippen LogP contribution in [-0.4, -0.2) is 138 Å². The molecule has 4 rings (SSSR count). The molecule has 0 N–H and O–H groups in total. The second kappa shape index (κ2) is 23.9. The van der Waals surface area contributed by atoms with Gasteiger partial charge < -0.3 is 43.2 Å². The second-order valence-electron chi connectivity index (χ2n) is 12.1. The van der Waals surface area contributed by atoms with E-state index in [0.29, 0.717) is 106 Å². The zero-order valence-corrected chi connectivity index (χ0v) is 36.3. The number of benzene rings is 2. The number of carbonyl (C=O) groups excluding carboxylic acids is 1. The van der Waals surface area contributed by atoms with Crippen LogP contribution in [0, 0.1) is 10.1 Å². The van der Waals surface area contributed by atoms with Crippen LogP contribution < -0.4 is 74.0 Å². The minimum Gasteiger partial charge on any atom is -0.872 e. The molecular formula is C36H49CsN3O11+. The fourth-order valence-electron chi connectivity index (χ4n) is 5.63. The monoisotopic (exact) mass is 832 g/mol. The first-order valence-corrected chi connectivity index (χ1v) is 17.0. The Labute approximate surface area is 358 Å². The summed E-state index contributed by atoms with van der Waals surface area (Å²) in [5.74, 6) is -0.468. The van der Waals surface area contributed by atoms with E-state index >= 15 is 0 Å². The molecule has 0 radical (unpaired) electrons. The van der Waals surface area contributed by atoms with Gasteiger partial charge in [-0.3, -0.25) is 14.9 Å². The van der Waals surface area contributed by atoms with Gasteiger partial charge in [0.15, 0.2) is 5.71 Å². The van der Waals surface area contributed by atoms with Gasteiger partial charge in [-0.2, -0.15) is 4.58 Å². The van der Waals surface area contributed by atoms with Crippen molar-refractivity contribution in [3.05, 3.63) is 69.8 Å². The van der Waals surface area contributed by atoms with E-state index in [9.17, 15) is 20.0 Å². The van der Waals surface area contributed by atoms with Gasteiger partial charge in [-0.05, 0) is 25.5 Å². The molecule has 2 aliphatic heterocycles. The van der Waals surface area contributed by atoms with E-state index in [0.717, 1.165) is 17.0 Å². The minimum absolute atomic E-state index is 0. The minimum atomic E-state index is -0.531. The third-order valence-corrected chi connectivity index (χ3v) is 8.31. The summed E-state index contributed by atoms with van der Waals surface area (Å²) in [6.45, 7) is 10.7. The van der Waals surface area contributed by atoms with E-state index < -0.39 is 10.3 Å². The van der Waals surface area contributed by atoms with Gasteiger partial charge in [-0.15, -0.1) is 5.75 Å². The van der Waals surface area contributed by atoms with Crippen LogP contribution in [0.4, 0.5) is 11.4 Å². The fourth-order valence-corrected chi connectivity index (χ4v) is 5.63. The van der Waals surface area contributed by atoms with Crippen molar-refractivity contribution in [2.24, 2.45) is 0 Å². The topological polar surface area (TPSA) is 154 Å². The molecule has 0 spiro atoms. The van der Waals surface area contributed by atoms with E-state index in [1.165, 1.54) is 18.2 Å². The smallest absolute Gasteiger partial charge is 0.872 e. The molecule has 0 aliphatic carbocycles. The van der Waals surface area contributed by atoms with Gasteiger partial charge in [0.1, 0.15) is 0 Å². The van der Waals surface area contributed by atoms with Crippen LogP contribution in [0.15, 0.2) is 48.5 Å². The van der Waals surface area contributed by atoms with Gasteiger partial charge >= 0.3 is 68.9 Å². The van der Waals surface area contributed by atoms with Gasteiger partial charge in [-0.25, -0.2) is 0 Å². The number of non-ortho nitro benzene ring substituents is 1. The predicted octanol–water partition coefficient (Wildman–Crippen LogP) is -0.280. The van der Waals surface area contributed by atoms with Crippen molar-refractivity contribution in [2.75, 3.05) is 112 Å². The largest absolute Gasteiger partial charge is 1.00 e. The van der Waals surface area contributed by atoms with Crippen molar-refractivity contribution >= 4 is 29.1 Å². The molecule has 1 amide bonds. The molecule has 274 valence electrons. The first kappa shape index (κ1) is 43.7. The van der Waals surface area contributed by atoms with Crippen LogP contribution in [0.5, 0.6) is 5.75 Å². The van der Waals surface area contributed by atoms with Gasteiger partial charge in [0.2, 0.25) is 12.2 Å². The first-order valence-electron chi connectivity index (χ1n) is 17.0. The number of nitro groups is 1. The molecule has 0 unspecified atom stereocenters. The maximum absolute atomic E-state index is 14.0. The summed E-state index contributed by atoms with van der Waals surface area (Å²) in [5.41, 5.74) is 2.18. The van der Waals surface area contributed by atoms with Crippen LogP contribution in [0.25, 0.3) is 6.08 Å². The van der Waals surface area contributed by atoms with Crippen molar-refractivity contribution in [2.45, 2.75) is 19.3 Å². The first-order chi connectivity index (χ1) is 24.3. The number of carbonyl (C=O) groups is 1. The van der Waals surface area contributed by atoms with E-state index in [1.807, 2.05) is 42.7 Å². The molecule has 15 heteroatoms. The van der Waals surface area contributed by atoms with E-state index in [1.54, 1.807) is 17.1 Å². The number of hydrogen-bond donors (Lipinski definition) is 0. The van der Waals surface area contributed by atoms with Crippen LogP contribution in [0.1, 0.15) is 25.0 Å². The Hall–Kier alpha value is -1.71. The summed E-state index contributed by atoms with van der Waals surface area (Å²) in [6.07, 6.45) is 3.36. The van der Waals surface area contributed by atoms with Crippen molar-refractivity contribution in [1.29, 1.82) is 0 Å². The molecule has 2 heterocycles. The molecule has 2 aliphatic rings. The quantitative estimate of drug-likeness (QED) is 0.222. The second-order valence-corrected chi connectivity index (χ2v) is 12.1. The van der Waals surface area contributed by atoms with Crippen molar-refractivity contribution in [1.82, 2.24) is 4.90 Å². The van der Waals surface area contributed by atoms with E-state index in [2.05, 4.69) is 0 Å². The summed E-state index contributed by atoms with van der Waals surface area (Å²) >= 11 is 0. The third-order valence-electron chi connectivity index (χ3n) is 8.31. The molecule has 2 aromatic carbocycles. The average molecular weight is 833 g/mol.